The Balaban J connectivity index is 1.35. The van der Waals surface area contributed by atoms with Crippen molar-refractivity contribution in [1.29, 1.82) is 0 Å². The molecule has 28 heavy (non-hydrogen) atoms. The van der Waals surface area contributed by atoms with Crippen molar-refractivity contribution < 1.29 is 13.9 Å². The molecule has 5 rings (SSSR count). The molecule has 0 radical (unpaired) electrons. The minimum Gasteiger partial charge on any atom is -0.489 e. The summed E-state index contributed by atoms with van der Waals surface area (Å²) in [6.45, 7) is 2.47. The Morgan fingerprint density at radius 3 is 2.82 bits per heavy atom. The Bertz CT molecular complexity index is 921. The van der Waals surface area contributed by atoms with Crippen molar-refractivity contribution >= 4 is 5.78 Å². The Hall–Kier alpha value is -2.16. The van der Waals surface area contributed by atoms with Gasteiger partial charge in [-0.05, 0) is 79.2 Å². The van der Waals surface area contributed by atoms with Crippen LogP contribution in [0.1, 0.15) is 61.6 Å². The fourth-order valence-electron chi connectivity index (χ4n) is 6.20. The molecule has 0 saturated heterocycles. The van der Waals surface area contributed by atoms with Crippen LogP contribution in [0.5, 0.6) is 5.75 Å². The average molecular weight is 378 g/mol. The Morgan fingerprint density at radius 1 is 1.11 bits per heavy atom. The van der Waals surface area contributed by atoms with Crippen molar-refractivity contribution in [1.82, 2.24) is 0 Å². The van der Waals surface area contributed by atoms with E-state index in [1.807, 2.05) is 12.1 Å². The van der Waals surface area contributed by atoms with Gasteiger partial charge in [-0.1, -0.05) is 31.2 Å². The number of carbonyl (C=O) groups excluding carboxylic acids is 1. The van der Waals surface area contributed by atoms with Crippen LogP contribution in [-0.4, -0.2) is 5.78 Å². The number of Topliss-reactive ketones (excluding diaryl/α,β-unsaturated/α-hetero) is 1. The topological polar surface area (TPSA) is 26.3 Å². The Morgan fingerprint density at radius 2 is 1.96 bits per heavy atom. The number of aryl methyl sites for hydroxylation is 1. The van der Waals surface area contributed by atoms with Crippen LogP contribution in [0.4, 0.5) is 4.39 Å². The summed E-state index contributed by atoms with van der Waals surface area (Å²) >= 11 is 0. The zero-order chi connectivity index (χ0) is 19.3. The van der Waals surface area contributed by atoms with Gasteiger partial charge in [0.25, 0.3) is 0 Å². The molecular formula is C25H27FO2. The van der Waals surface area contributed by atoms with Crippen LogP contribution in [0.3, 0.4) is 0 Å². The monoisotopic (exact) mass is 378 g/mol. The molecule has 2 nitrogen and oxygen atoms in total. The van der Waals surface area contributed by atoms with Crippen LogP contribution < -0.4 is 4.74 Å². The number of hydrogen-bond donors (Lipinski definition) is 0. The maximum Gasteiger partial charge on any atom is 0.139 e. The molecule has 2 saturated carbocycles. The first-order valence-corrected chi connectivity index (χ1v) is 10.6. The van der Waals surface area contributed by atoms with E-state index in [-0.39, 0.29) is 17.8 Å². The normalized spacial score (nSPS) is 31.1. The van der Waals surface area contributed by atoms with E-state index < -0.39 is 0 Å². The first-order chi connectivity index (χ1) is 13.6. The van der Waals surface area contributed by atoms with E-state index in [1.165, 1.54) is 23.6 Å². The molecule has 2 aromatic carbocycles. The minimum absolute atomic E-state index is 0.0680. The van der Waals surface area contributed by atoms with Crippen molar-refractivity contribution in [3.63, 3.8) is 0 Å². The fraction of sp³-hybridized carbons (Fsp3) is 0.480. The van der Waals surface area contributed by atoms with E-state index in [0.29, 0.717) is 29.1 Å². The molecule has 3 heteroatoms. The lowest BCUT2D eigenvalue weighted by Gasteiger charge is -2.48. The predicted octanol–water partition coefficient (Wildman–Crippen LogP) is 5.83. The molecule has 0 N–H and O–H groups in total. The lowest BCUT2D eigenvalue weighted by Crippen LogP contribution is -2.42. The minimum atomic E-state index is -0.223. The van der Waals surface area contributed by atoms with Gasteiger partial charge in [0.15, 0.2) is 0 Å². The molecule has 0 heterocycles. The van der Waals surface area contributed by atoms with Crippen LogP contribution in [0.25, 0.3) is 0 Å². The fourth-order valence-corrected chi connectivity index (χ4v) is 6.20. The first-order valence-electron chi connectivity index (χ1n) is 10.6. The maximum absolute atomic E-state index is 13.8. The molecule has 4 atom stereocenters. The maximum atomic E-state index is 13.8. The number of halogens is 1. The summed E-state index contributed by atoms with van der Waals surface area (Å²) in [6.07, 6.45) is 6.22. The van der Waals surface area contributed by atoms with E-state index >= 15 is 0 Å². The highest BCUT2D eigenvalue weighted by Gasteiger charge is 2.54. The molecule has 0 aliphatic heterocycles. The number of hydrogen-bond acceptors (Lipinski definition) is 2. The summed E-state index contributed by atoms with van der Waals surface area (Å²) in [6, 6.07) is 13.2. The molecular weight excluding hydrogens is 351 g/mol. The molecule has 0 bridgehead atoms. The van der Waals surface area contributed by atoms with Gasteiger partial charge in [-0.3, -0.25) is 4.79 Å². The summed E-state index contributed by atoms with van der Waals surface area (Å²) < 4.78 is 19.7. The van der Waals surface area contributed by atoms with Crippen LogP contribution in [0, 0.1) is 23.1 Å². The van der Waals surface area contributed by atoms with Crippen molar-refractivity contribution in [3.05, 3.63) is 65.0 Å². The lowest BCUT2D eigenvalue weighted by atomic mass is 9.55. The van der Waals surface area contributed by atoms with E-state index in [1.54, 1.807) is 12.1 Å². The van der Waals surface area contributed by atoms with Gasteiger partial charge in [0.05, 0.1) is 0 Å². The van der Waals surface area contributed by atoms with Crippen LogP contribution >= 0.6 is 0 Å². The first kappa shape index (κ1) is 17.9. The van der Waals surface area contributed by atoms with Gasteiger partial charge in [-0.2, -0.15) is 0 Å². The second kappa shape index (κ2) is 6.72. The van der Waals surface area contributed by atoms with E-state index in [0.717, 1.165) is 37.9 Å². The lowest BCUT2D eigenvalue weighted by molar-refractivity contribution is -0.129. The third kappa shape index (κ3) is 2.78. The second-order valence-corrected chi connectivity index (χ2v) is 9.07. The quantitative estimate of drug-likeness (QED) is 0.672. The van der Waals surface area contributed by atoms with E-state index in [2.05, 4.69) is 19.1 Å². The Kier molecular flexibility index (Phi) is 4.30. The molecule has 0 aromatic heterocycles. The number of carbonyl (C=O) groups is 1. The summed E-state index contributed by atoms with van der Waals surface area (Å²) in [5.74, 6) is 2.87. The van der Waals surface area contributed by atoms with Gasteiger partial charge in [0.1, 0.15) is 24.0 Å². The van der Waals surface area contributed by atoms with Gasteiger partial charge in [0.2, 0.25) is 0 Å². The third-order valence-electron chi connectivity index (χ3n) is 7.76. The number of rotatable bonds is 3. The van der Waals surface area contributed by atoms with E-state index in [9.17, 15) is 9.18 Å². The zero-order valence-corrected chi connectivity index (χ0v) is 16.4. The summed E-state index contributed by atoms with van der Waals surface area (Å²) in [7, 11) is 0. The predicted molar refractivity (Wildman–Crippen MR) is 107 cm³/mol. The molecule has 0 amide bonds. The Labute approximate surface area is 166 Å². The highest BCUT2D eigenvalue weighted by molar-refractivity contribution is 5.87. The van der Waals surface area contributed by atoms with Gasteiger partial charge in [-0.15, -0.1) is 0 Å². The third-order valence-corrected chi connectivity index (χ3v) is 7.76. The average Bonchev–Trinajstić information content (AvgIpc) is 3.02. The highest BCUT2D eigenvalue weighted by Crippen LogP contribution is 2.59. The summed E-state index contributed by atoms with van der Waals surface area (Å²) in [4.78, 5) is 12.5. The van der Waals surface area contributed by atoms with Crippen molar-refractivity contribution in [2.24, 2.45) is 17.3 Å². The van der Waals surface area contributed by atoms with Crippen molar-refractivity contribution in [3.8, 4) is 5.75 Å². The standard InChI is InChI=1S/C25H27FO2/c1-25-13-12-20-19-9-7-18(28-15-17-4-2-3-5-23(17)26)14-16(19)6-8-21(20)22(25)10-11-24(25)27/h2-5,7,9,14,20-22H,6,8,10-13,15H2,1H3. The SMILES string of the molecule is CC12CCC3c4ccc(OCc5ccccc5F)cc4CCC3C1CCC2=O. The molecule has 3 aliphatic carbocycles. The number of benzene rings is 2. The highest BCUT2D eigenvalue weighted by atomic mass is 19.1. The second-order valence-electron chi connectivity index (χ2n) is 9.07. The molecule has 146 valence electrons. The number of ketones is 1. The van der Waals surface area contributed by atoms with Gasteiger partial charge in [0, 0.05) is 17.4 Å². The van der Waals surface area contributed by atoms with Gasteiger partial charge in [-0.25, -0.2) is 4.39 Å². The smallest absolute Gasteiger partial charge is 0.139 e. The largest absolute Gasteiger partial charge is 0.489 e. The van der Waals surface area contributed by atoms with E-state index in [4.69, 9.17) is 4.74 Å². The molecule has 0 spiro atoms. The van der Waals surface area contributed by atoms with Crippen molar-refractivity contribution in [2.45, 2.75) is 58.0 Å². The van der Waals surface area contributed by atoms with Crippen LogP contribution in [0.15, 0.2) is 42.5 Å². The van der Waals surface area contributed by atoms with Gasteiger partial charge < -0.3 is 4.74 Å². The van der Waals surface area contributed by atoms with Crippen molar-refractivity contribution in [2.75, 3.05) is 0 Å². The molecule has 2 fully saturated rings. The van der Waals surface area contributed by atoms with Crippen LogP contribution in [-0.2, 0) is 17.8 Å². The molecule has 3 aliphatic rings. The van der Waals surface area contributed by atoms with Gasteiger partial charge >= 0.3 is 0 Å². The molecule has 4 unspecified atom stereocenters. The summed E-state index contributed by atoms with van der Waals surface area (Å²) in [5, 5.41) is 0. The summed E-state index contributed by atoms with van der Waals surface area (Å²) in [5.41, 5.74) is 3.34. The molecule has 2 aromatic rings. The number of ether oxygens (including phenoxy) is 1. The zero-order valence-electron chi connectivity index (χ0n) is 16.4. The van der Waals surface area contributed by atoms with Crippen LogP contribution in [0.2, 0.25) is 0 Å². The number of fused-ring (bicyclic) bond motifs is 5.